The van der Waals surface area contributed by atoms with E-state index in [9.17, 15) is 0 Å². The van der Waals surface area contributed by atoms with Crippen molar-refractivity contribution in [2.24, 2.45) is 7.05 Å². The van der Waals surface area contributed by atoms with Crippen molar-refractivity contribution in [1.82, 2.24) is 14.8 Å². The van der Waals surface area contributed by atoms with E-state index >= 15 is 0 Å². The second-order valence-corrected chi connectivity index (χ2v) is 1.24. The number of aromatic nitrogens is 3. The van der Waals surface area contributed by atoms with Crippen molar-refractivity contribution in [3.63, 3.8) is 0 Å². The number of hydrogen-bond donors (Lipinski definition) is 0. The van der Waals surface area contributed by atoms with Gasteiger partial charge in [-0.1, -0.05) is 0 Å². The lowest BCUT2D eigenvalue weighted by Gasteiger charge is -1.84. The van der Waals surface area contributed by atoms with Gasteiger partial charge in [-0.05, 0) is 0 Å². The maximum absolute atomic E-state index is 5.23. The Morgan fingerprint density at radius 1 is 1.86 bits per heavy atom. The first-order chi connectivity index (χ1) is 3.30. The summed E-state index contributed by atoms with van der Waals surface area (Å²) >= 11 is 0. The van der Waals surface area contributed by atoms with Crippen molar-refractivity contribution in [2.75, 3.05) is 0 Å². The first-order valence-electron chi connectivity index (χ1n) is 1.90. The Morgan fingerprint density at radius 3 is 2.71 bits per heavy atom. The van der Waals surface area contributed by atoms with Crippen LogP contribution in [0.25, 0.3) is 0 Å². The molecule has 0 saturated heterocycles. The van der Waals surface area contributed by atoms with E-state index in [-0.39, 0.29) is 0 Å². The summed E-state index contributed by atoms with van der Waals surface area (Å²) in [4.78, 5) is 3.65. The Bertz CT molecular complexity index is 139. The van der Waals surface area contributed by atoms with Crippen molar-refractivity contribution in [3.8, 4) is 0 Å². The fourth-order valence-corrected chi connectivity index (χ4v) is 0.305. The Hall–Kier alpha value is -0.860. The van der Waals surface area contributed by atoms with Gasteiger partial charge in [-0.2, -0.15) is 5.10 Å². The first-order valence-corrected chi connectivity index (χ1v) is 1.90. The molecule has 0 aliphatic carbocycles. The van der Waals surface area contributed by atoms with E-state index in [2.05, 4.69) is 10.1 Å². The molecule has 1 heterocycles. The SMILES string of the molecule is [CH]c1ncnn1C. The quantitative estimate of drug-likeness (QED) is 0.449. The summed E-state index contributed by atoms with van der Waals surface area (Å²) in [7, 11) is 1.74. The monoisotopic (exact) mass is 95.0 g/mol. The second kappa shape index (κ2) is 1.33. The average molecular weight is 95.1 g/mol. The molecular weight excluding hydrogens is 90.1 g/mol. The zero-order valence-electron chi connectivity index (χ0n) is 4.00. The van der Waals surface area contributed by atoms with Crippen molar-refractivity contribution in [3.05, 3.63) is 19.1 Å². The zero-order valence-corrected chi connectivity index (χ0v) is 4.00. The minimum Gasteiger partial charge on any atom is -0.253 e. The predicted molar refractivity (Wildman–Crippen MR) is 24.4 cm³/mol. The fourth-order valence-electron chi connectivity index (χ4n) is 0.305. The molecule has 0 N–H and O–H groups in total. The molecule has 7 heavy (non-hydrogen) atoms. The van der Waals surface area contributed by atoms with E-state index < -0.39 is 0 Å². The molecule has 3 heteroatoms. The van der Waals surface area contributed by atoms with Gasteiger partial charge in [0.15, 0.2) is 0 Å². The van der Waals surface area contributed by atoms with E-state index in [1.54, 1.807) is 7.05 Å². The molecule has 0 saturated carbocycles. The van der Waals surface area contributed by atoms with Crippen LogP contribution in [0, 0.1) is 6.92 Å². The Labute approximate surface area is 42.0 Å². The van der Waals surface area contributed by atoms with Gasteiger partial charge in [0.1, 0.15) is 12.2 Å². The number of rotatable bonds is 0. The van der Waals surface area contributed by atoms with Gasteiger partial charge in [-0.3, -0.25) is 4.68 Å². The first kappa shape index (κ1) is 4.30. The number of aryl methyl sites for hydroxylation is 1. The third-order valence-electron chi connectivity index (χ3n) is 0.746. The second-order valence-electron chi connectivity index (χ2n) is 1.24. The van der Waals surface area contributed by atoms with Crippen LogP contribution in [0.3, 0.4) is 0 Å². The lowest BCUT2D eigenvalue weighted by molar-refractivity contribution is 0.749. The molecule has 0 aliphatic heterocycles. The third kappa shape index (κ3) is 0.607. The van der Waals surface area contributed by atoms with Crippen LogP contribution in [0.5, 0.6) is 0 Å². The van der Waals surface area contributed by atoms with Crippen molar-refractivity contribution >= 4 is 0 Å². The summed E-state index contributed by atoms with van der Waals surface area (Å²) in [6.45, 7) is 5.23. The van der Waals surface area contributed by atoms with Crippen molar-refractivity contribution in [1.29, 1.82) is 0 Å². The number of nitrogens with zero attached hydrogens (tertiary/aromatic N) is 3. The maximum atomic E-state index is 5.23. The molecule has 0 atom stereocenters. The minimum atomic E-state index is 0.444. The summed E-state index contributed by atoms with van der Waals surface area (Å²) in [6.07, 6.45) is 1.41. The van der Waals surface area contributed by atoms with E-state index in [1.807, 2.05) is 0 Å². The molecule has 0 aromatic carbocycles. The largest absolute Gasteiger partial charge is 0.253 e. The maximum Gasteiger partial charge on any atom is 0.138 e. The third-order valence-corrected chi connectivity index (χ3v) is 0.746. The van der Waals surface area contributed by atoms with Crippen LogP contribution in [-0.2, 0) is 7.05 Å². The highest BCUT2D eigenvalue weighted by atomic mass is 15.3. The topological polar surface area (TPSA) is 30.7 Å². The summed E-state index contributed by atoms with van der Waals surface area (Å²) in [5, 5.41) is 3.70. The Balaban J connectivity index is 3.12. The smallest absolute Gasteiger partial charge is 0.138 e. The van der Waals surface area contributed by atoms with Crippen LogP contribution >= 0.6 is 0 Å². The van der Waals surface area contributed by atoms with Gasteiger partial charge in [-0.15, -0.1) is 0 Å². The highest BCUT2D eigenvalue weighted by molar-refractivity contribution is 4.85. The lowest BCUT2D eigenvalue weighted by Crippen LogP contribution is -1.91. The normalized spacial score (nSPS) is 9.43. The van der Waals surface area contributed by atoms with Gasteiger partial charge < -0.3 is 0 Å². The van der Waals surface area contributed by atoms with Gasteiger partial charge in [-0.25, -0.2) is 4.98 Å². The van der Waals surface area contributed by atoms with Gasteiger partial charge in [0.25, 0.3) is 0 Å². The van der Waals surface area contributed by atoms with Gasteiger partial charge in [0, 0.05) is 14.0 Å². The molecule has 0 unspecified atom stereocenters. The highest BCUT2D eigenvalue weighted by Gasteiger charge is 1.86. The van der Waals surface area contributed by atoms with Crippen LogP contribution in [0.1, 0.15) is 5.82 Å². The van der Waals surface area contributed by atoms with Crippen LogP contribution in [0.15, 0.2) is 6.33 Å². The summed E-state index contributed by atoms with van der Waals surface area (Å²) < 4.78 is 1.50. The van der Waals surface area contributed by atoms with E-state index in [0.717, 1.165) is 0 Å². The molecular formula is C4H5N3. The molecule has 36 valence electrons. The number of hydrogen-bond acceptors (Lipinski definition) is 2. The predicted octanol–water partition coefficient (Wildman–Crippen LogP) is -0.126. The fraction of sp³-hybridized carbons (Fsp3) is 0.250. The molecule has 2 radical (unpaired) electrons. The molecule has 1 aromatic rings. The molecule has 0 spiro atoms. The zero-order chi connectivity index (χ0) is 5.28. The summed E-state index contributed by atoms with van der Waals surface area (Å²) in [5.41, 5.74) is 0. The van der Waals surface area contributed by atoms with Gasteiger partial charge in [0.05, 0.1) is 0 Å². The Kier molecular flexibility index (Phi) is 0.817. The van der Waals surface area contributed by atoms with E-state index in [1.165, 1.54) is 11.0 Å². The molecule has 3 nitrogen and oxygen atoms in total. The van der Waals surface area contributed by atoms with Crippen LogP contribution in [0.4, 0.5) is 0 Å². The van der Waals surface area contributed by atoms with Crippen LogP contribution in [-0.4, -0.2) is 14.8 Å². The molecule has 0 amide bonds. The molecule has 0 bridgehead atoms. The van der Waals surface area contributed by atoms with Crippen molar-refractivity contribution < 1.29 is 0 Å². The summed E-state index contributed by atoms with van der Waals surface area (Å²) in [5.74, 6) is 0.444. The molecule has 1 aromatic heterocycles. The van der Waals surface area contributed by atoms with E-state index in [4.69, 9.17) is 6.92 Å². The van der Waals surface area contributed by atoms with Gasteiger partial charge >= 0.3 is 0 Å². The Morgan fingerprint density at radius 2 is 2.57 bits per heavy atom. The standard InChI is InChI=1S/C4H5N3/c1-4-5-3-6-7(4)2/h1,3H,2H3. The highest BCUT2D eigenvalue weighted by Crippen LogP contribution is 1.81. The molecule has 0 fully saturated rings. The van der Waals surface area contributed by atoms with Crippen LogP contribution < -0.4 is 0 Å². The van der Waals surface area contributed by atoms with Crippen molar-refractivity contribution in [2.45, 2.75) is 0 Å². The van der Waals surface area contributed by atoms with E-state index in [0.29, 0.717) is 5.82 Å². The molecule has 1 rings (SSSR count). The van der Waals surface area contributed by atoms with Crippen LogP contribution in [0.2, 0.25) is 0 Å². The average Bonchev–Trinajstić information content (AvgIpc) is 1.91. The molecule has 0 aliphatic rings. The van der Waals surface area contributed by atoms with Gasteiger partial charge in [0.2, 0.25) is 0 Å². The lowest BCUT2D eigenvalue weighted by atomic mass is 10.7. The summed E-state index contributed by atoms with van der Waals surface area (Å²) in [6, 6.07) is 0. The minimum absolute atomic E-state index is 0.444.